The molecule has 1 amide bonds. The van der Waals surface area contributed by atoms with Gasteiger partial charge in [-0.1, -0.05) is 6.92 Å². The Morgan fingerprint density at radius 2 is 2.06 bits per heavy atom. The number of hydrogen-bond acceptors (Lipinski definition) is 4. The molecule has 98 valence electrons. The molecule has 0 radical (unpaired) electrons. The number of amides is 1. The average molecular weight is 253 g/mol. The molecule has 18 heavy (non-hydrogen) atoms. The van der Waals surface area contributed by atoms with Crippen LogP contribution in [-0.2, 0) is 11.3 Å². The number of ketones is 1. The van der Waals surface area contributed by atoms with Crippen LogP contribution in [0.15, 0.2) is 15.8 Å². The van der Waals surface area contributed by atoms with Crippen molar-refractivity contribution in [2.24, 2.45) is 0 Å². The fraction of sp³-hybridized carbons (Fsp3) is 0.455. The van der Waals surface area contributed by atoms with Crippen LogP contribution in [-0.4, -0.2) is 27.8 Å². The Hall–Kier alpha value is -2.18. The molecule has 1 aromatic rings. The summed E-state index contributed by atoms with van der Waals surface area (Å²) in [5, 5.41) is 2.55. The van der Waals surface area contributed by atoms with E-state index < -0.39 is 29.5 Å². The van der Waals surface area contributed by atoms with Crippen LogP contribution >= 0.6 is 0 Å². The number of aromatic amines is 1. The molecule has 1 rings (SSSR count). The van der Waals surface area contributed by atoms with Gasteiger partial charge in [0.25, 0.3) is 5.56 Å². The lowest BCUT2D eigenvalue weighted by Gasteiger charge is -2.06. The summed E-state index contributed by atoms with van der Waals surface area (Å²) in [6.07, 6.45) is 1.82. The minimum absolute atomic E-state index is 0.141. The van der Waals surface area contributed by atoms with Crippen molar-refractivity contribution in [3.63, 3.8) is 0 Å². The number of H-pyrrole nitrogens is 1. The monoisotopic (exact) mass is 253 g/mol. The van der Waals surface area contributed by atoms with E-state index in [1.54, 1.807) is 0 Å². The maximum atomic E-state index is 11.8. The van der Waals surface area contributed by atoms with Crippen molar-refractivity contribution < 1.29 is 9.59 Å². The van der Waals surface area contributed by atoms with E-state index in [1.807, 2.05) is 6.92 Å². The van der Waals surface area contributed by atoms with Gasteiger partial charge in [0.15, 0.2) is 5.78 Å². The van der Waals surface area contributed by atoms with Crippen molar-refractivity contribution in [3.8, 4) is 0 Å². The minimum atomic E-state index is -0.752. The first kappa shape index (κ1) is 13.9. The Morgan fingerprint density at radius 1 is 1.39 bits per heavy atom. The second kappa shape index (κ2) is 5.95. The van der Waals surface area contributed by atoms with Crippen LogP contribution in [0.3, 0.4) is 0 Å². The lowest BCUT2D eigenvalue weighted by atomic mass is 10.2. The summed E-state index contributed by atoms with van der Waals surface area (Å²) < 4.78 is 0.710. The van der Waals surface area contributed by atoms with Crippen molar-refractivity contribution >= 4 is 11.7 Å². The van der Waals surface area contributed by atoms with E-state index in [0.29, 0.717) is 11.1 Å². The summed E-state index contributed by atoms with van der Waals surface area (Å²) >= 11 is 0. The van der Waals surface area contributed by atoms with Crippen LogP contribution in [0, 0.1) is 0 Å². The molecule has 0 unspecified atom stereocenters. The molecule has 1 heterocycles. The van der Waals surface area contributed by atoms with Crippen molar-refractivity contribution in [2.45, 2.75) is 26.8 Å². The Balaban J connectivity index is 3.06. The summed E-state index contributed by atoms with van der Waals surface area (Å²) in [6, 6.07) is 0. The van der Waals surface area contributed by atoms with E-state index in [2.05, 4.69) is 10.3 Å². The predicted molar refractivity (Wildman–Crippen MR) is 64.6 cm³/mol. The van der Waals surface area contributed by atoms with Crippen LogP contribution in [0.25, 0.3) is 0 Å². The van der Waals surface area contributed by atoms with Gasteiger partial charge in [-0.2, -0.15) is 0 Å². The topological polar surface area (TPSA) is 101 Å². The molecule has 0 bridgehead atoms. The largest absolute Gasteiger partial charge is 0.355 e. The first-order valence-electron chi connectivity index (χ1n) is 5.57. The van der Waals surface area contributed by atoms with E-state index in [9.17, 15) is 19.2 Å². The van der Waals surface area contributed by atoms with Crippen molar-refractivity contribution in [3.05, 3.63) is 32.6 Å². The zero-order valence-electron chi connectivity index (χ0n) is 10.3. The van der Waals surface area contributed by atoms with E-state index in [0.717, 1.165) is 12.6 Å². The van der Waals surface area contributed by atoms with Crippen LogP contribution < -0.4 is 16.6 Å². The molecule has 1 aromatic heterocycles. The van der Waals surface area contributed by atoms with E-state index in [4.69, 9.17) is 0 Å². The lowest BCUT2D eigenvalue weighted by molar-refractivity contribution is -0.121. The van der Waals surface area contributed by atoms with Crippen LogP contribution in [0.5, 0.6) is 0 Å². The number of rotatable bonds is 5. The Bertz CT molecular complexity index is 570. The highest BCUT2D eigenvalue weighted by Crippen LogP contribution is 1.87. The molecule has 0 saturated carbocycles. The molecule has 2 N–H and O–H groups in total. The third kappa shape index (κ3) is 3.16. The highest BCUT2D eigenvalue weighted by molar-refractivity contribution is 5.93. The second-order valence-corrected chi connectivity index (χ2v) is 3.80. The Kier molecular flexibility index (Phi) is 4.59. The number of carbonyl (C=O) groups excluding carboxylic acids is 2. The maximum Gasteiger partial charge on any atom is 0.328 e. The van der Waals surface area contributed by atoms with Gasteiger partial charge in [-0.05, 0) is 13.3 Å². The Labute approximate surface area is 103 Å². The van der Waals surface area contributed by atoms with Gasteiger partial charge in [-0.25, -0.2) is 4.79 Å². The second-order valence-electron chi connectivity index (χ2n) is 3.80. The van der Waals surface area contributed by atoms with E-state index in [-0.39, 0.29) is 5.56 Å². The molecule has 0 aliphatic rings. The number of Topliss-reactive ketones (excluding diaryl/α,β-unsaturated/α-hetero) is 1. The molecule has 0 atom stereocenters. The lowest BCUT2D eigenvalue weighted by Crippen LogP contribution is -2.42. The van der Waals surface area contributed by atoms with Gasteiger partial charge in [0.2, 0.25) is 5.91 Å². The third-order valence-electron chi connectivity index (χ3n) is 2.31. The fourth-order valence-electron chi connectivity index (χ4n) is 1.37. The summed E-state index contributed by atoms with van der Waals surface area (Å²) in [5.74, 6) is -0.899. The van der Waals surface area contributed by atoms with Gasteiger partial charge in [0, 0.05) is 12.7 Å². The SMILES string of the molecule is CCCNC(=O)Cn1c(=O)[nH]cc(C(C)=O)c1=O. The Morgan fingerprint density at radius 3 is 2.61 bits per heavy atom. The highest BCUT2D eigenvalue weighted by Gasteiger charge is 2.13. The molecule has 0 saturated heterocycles. The molecule has 0 spiro atoms. The zero-order valence-corrected chi connectivity index (χ0v) is 10.3. The molecular formula is C11H15N3O4. The number of nitrogens with zero attached hydrogens (tertiary/aromatic N) is 1. The summed E-state index contributed by atoms with van der Waals surface area (Å²) in [5.41, 5.74) is -1.60. The maximum absolute atomic E-state index is 11.8. The quantitative estimate of drug-likeness (QED) is 0.675. The van der Waals surface area contributed by atoms with E-state index in [1.165, 1.54) is 6.92 Å². The highest BCUT2D eigenvalue weighted by atomic mass is 16.2. The van der Waals surface area contributed by atoms with Crippen LogP contribution in [0.2, 0.25) is 0 Å². The minimum Gasteiger partial charge on any atom is -0.355 e. The standard InChI is InChI=1S/C11H15N3O4/c1-3-4-12-9(16)6-14-10(17)8(7(2)15)5-13-11(14)18/h5H,3-4,6H2,1-2H3,(H,12,16)(H,13,18). The summed E-state index contributed by atoms with van der Waals surface area (Å²) in [4.78, 5) is 48.1. The molecule has 0 fully saturated rings. The van der Waals surface area contributed by atoms with Gasteiger partial charge in [0.05, 0.1) is 5.56 Å². The molecule has 7 nitrogen and oxygen atoms in total. The third-order valence-corrected chi connectivity index (χ3v) is 2.31. The molecule has 0 aromatic carbocycles. The smallest absolute Gasteiger partial charge is 0.328 e. The molecule has 0 aliphatic heterocycles. The summed E-state index contributed by atoms with van der Waals surface area (Å²) in [6.45, 7) is 3.18. The van der Waals surface area contributed by atoms with Gasteiger partial charge < -0.3 is 10.3 Å². The fourth-order valence-corrected chi connectivity index (χ4v) is 1.37. The predicted octanol–water partition coefficient (Wildman–Crippen LogP) is -0.735. The first-order chi connectivity index (χ1) is 8.47. The molecule has 7 heteroatoms. The van der Waals surface area contributed by atoms with Crippen LogP contribution in [0.4, 0.5) is 0 Å². The number of hydrogen-bond donors (Lipinski definition) is 2. The zero-order chi connectivity index (χ0) is 13.7. The van der Waals surface area contributed by atoms with Gasteiger partial charge in [-0.3, -0.25) is 19.0 Å². The van der Waals surface area contributed by atoms with Crippen molar-refractivity contribution in [1.29, 1.82) is 0 Å². The summed E-state index contributed by atoms with van der Waals surface area (Å²) in [7, 11) is 0. The van der Waals surface area contributed by atoms with Crippen molar-refractivity contribution in [1.82, 2.24) is 14.9 Å². The number of aromatic nitrogens is 2. The van der Waals surface area contributed by atoms with Gasteiger partial charge in [-0.15, -0.1) is 0 Å². The number of nitrogens with one attached hydrogen (secondary N) is 2. The number of carbonyl (C=O) groups is 2. The normalized spacial score (nSPS) is 10.1. The molecular weight excluding hydrogens is 238 g/mol. The van der Waals surface area contributed by atoms with Gasteiger partial charge in [0.1, 0.15) is 6.54 Å². The molecule has 0 aliphatic carbocycles. The average Bonchev–Trinajstić information content (AvgIpc) is 2.31. The van der Waals surface area contributed by atoms with E-state index >= 15 is 0 Å². The first-order valence-corrected chi connectivity index (χ1v) is 5.57. The van der Waals surface area contributed by atoms with Gasteiger partial charge >= 0.3 is 5.69 Å². The van der Waals surface area contributed by atoms with Crippen molar-refractivity contribution in [2.75, 3.05) is 6.54 Å². The van der Waals surface area contributed by atoms with Crippen LogP contribution in [0.1, 0.15) is 30.6 Å².